The first kappa shape index (κ1) is 22.7. The first-order valence-corrected chi connectivity index (χ1v) is 11.2. The molecule has 3 N–H and O–H groups in total. The first-order valence-electron chi connectivity index (χ1n) is 10.8. The SMILES string of the molecule is CC(NC(=O)Cn1ncc(N[C@@H]2C[C@@H]3C[C@@H](C3(C)C)[C@]2(C)O)c(Cl)c1=O)c1ccnnc1. The fourth-order valence-corrected chi connectivity index (χ4v) is 5.51. The third-order valence-corrected chi connectivity index (χ3v) is 7.86. The molecular formula is C22H29ClN6O3. The number of hydrogen-bond donors (Lipinski definition) is 3. The van der Waals surface area contributed by atoms with Crippen LogP contribution < -0.4 is 16.2 Å². The van der Waals surface area contributed by atoms with Gasteiger partial charge in [-0.05, 0) is 55.6 Å². The first-order chi connectivity index (χ1) is 15.0. The molecular weight excluding hydrogens is 432 g/mol. The van der Waals surface area contributed by atoms with Gasteiger partial charge in [-0.1, -0.05) is 25.4 Å². The number of nitrogens with one attached hydrogen (secondary N) is 2. The van der Waals surface area contributed by atoms with Crippen LogP contribution >= 0.6 is 11.6 Å². The Labute approximate surface area is 191 Å². The smallest absolute Gasteiger partial charge is 0.288 e. The Bertz CT molecular complexity index is 1070. The highest BCUT2D eigenvalue weighted by molar-refractivity contribution is 6.32. The lowest BCUT2D eigenvalue weighted by molar-refractivity contribution is -0.199. The van der Waals surface area contributed by atoms with Crippen LogP contribution in [0.2, 0.25) is 5.02 Å². The third kappa shape index (κ3) is 3.88. The quantitative estimate of drug-likeness (QED) is 0.603. The number of carbonyl (C=O) groups is 1. The van der Waals surface area contributed by atoms with Gasteiger partial charge in [0.15, 0.2) is 0 Å². The molecule has 10 heteroatoms. The second kappa shape index (κ2) is 8.12. The van der Waals surface area contributed by atoms with Crippen molar-refractivity contribution in [2.75, 3.05) is 5.32 Å². The maximum absolute atomic E-state index is 12.7. The lowest BCUT2D eigenvalue weighted by Gasteiger charge is -2.65. The molecule has 2 aromatic heterocycles. The van der Waals surface area contributed by atoms with E-state index in [9.17, 15) is 14.7 Å². The van der Waals surface area contributed by atoms with Crippen LogP contribution in [0.15, 0.2) is 29.5 Å². The molecule has 3 saturated carbocycles. The highest BCUT2D eigenvalue weighted by atomic mass is 35.5. The van der Waals surface area contributed by atoms with Gasteiger partial charge in [0.1, 0.15) is 11.6 Å². The molecule has 0 saturated heterocycles. The molecule has 2 aromatic rings. The molecule has 3 fully saturated rings. The number of halogens is 1. The van der Waals surface area contributed by atoms with Crippen molar-refractivity contribution >= 4 is 23.2 Å². The second-order valence-electron chi connectivity index (χ2n) is 9.77. The highest BCUT2D eigenvalue weighted by Crippen LogP contribution is 2.62. The molecule has 0 radical (unpaired) electrons. The highest BCUT2D eigenvalue weighted by Gasteiger charge is 2.62. The van der Waals surface area contributed by atoms with E-state index in [2.05, 4.69) is 39.8 Å². The molecule has 1 unspecified atom stereocenters. The standard InChI is InChI=1S/C22H29ClN6O3/c1-12(13-5-6-24-25-9-13)27-18(30)11-29-20(31)19(23)15(10-26-29)28-17-8-14-7-16(21(14,2)3)22(17,4)32/h5-6,9-10,12,14,16-17,28,32H,7-8,11H2,1-4H3,(H,27,30)/t12?,14-,16-,17+,22-/m0/s1. The van der Waals surface area contributed by atoms with Gasteiger partial charge in [0, 0.05) is 6.20 Å². The molecule has 5 rings (SSSR count). The maximum Gasteiger partial charge on any atom is 0.288 e. The summed E-state index contributed by atoms with van der Waals surface area (Å²) in [6, 6.07) is 1.23. The Morgan fingerprint density at radius 3 is 2.69 bits per heavy atom. The van der Waals surface area contributed by atoms with Crippen molar-refractivity contribution in [3.63, 3.8) is 0 Å². The molecule has 0 spiro atoms. The van der Waals surface area contributed by atoms with Gasteiger partial charge in [-0.2, -0.15) is 15.3 Å². The molecule has 32 heavy (non-hydrogen) atoms. The number of amides is 1. The van der Waals surface area contributed by atoms with Crippen molar-refractivity contribution in [2.24, 2.45) is 17.3 Å². The van der Waals surface area contributed by atoms with Crippen molar-refractivity contribution in [3.8, 4) is 0 Å². The molecule has 5 atom stereocenters. The van der Waals surface area contributed by atoms with E-state index in [4.69, 9.17) is 11.6 Å². The largest absolute Gasteiger partial charge is 0.388 e. The minimum atomic E-state index is -0.922. The van der Waals surface area contributed by atoms with E-state index in [0.717, 1.165) is 23.1 Å². The van der Waals surface area contributed by atoms with Gasteiger partial charge in [-0.25, -0.2) is 4.68 Å². The Morgan fingerprint density at radius 2 is 2.06 bits per heavy atom. The van der Waals surface area contributed by atoms with Gasteiger partial charge in [-0.15, -0.1) is 0 Å². The zero-order valence-electron chi connectivity index (χ0n) is 18.7. The van der Waals surface area contributed by atoms with Gasteiger partial charge < -0.3 is 15.7 Å². The topological polar surface area (TPSA) is 122 Å². The number of aromatic nitrogens is 4. The number of hydrogen-bond acceptors (Lipinski definition) is 7. The van der Waals surface area contributed by atoms with E-state index < -0.39 is 11.2 Å². The molecule has 172 valence electrons. The predicted octanol–water partition coefficient (Wildman–Crippen LogP) is 2.16. The Kier molecular flexibility index (Phi) is 5.75. The molecule has 2 bridgehead atoms. The summed E-state index contributed by atoms with van der Waals surface area (Å²) in [6.45, 7) is 7.79. The van der Waals surface area contributed by atoms with E-state index >= 15 is 0 Å². The van der Waals surface area contributed by atoms with Gasteiger partial charge in [0.2, 0.25) is 5.91 Å². The predicted molar refractivity (Wildman–Crippen MR) is 120 cm³/mol. The van der Waals surface area contributed by atoms with E-state index in [-0.39, 0.29) is 40.9 Å². The molecule has 0 aromatic carbocycles. The van der Waals surface area contributed by atoms with Crippen LogP contribution in [-0.4, -0.2) is 42.6 Å². The lowest BCUT2D eigenvalue weighted by Crippen LogP contribution is -2.68. The number of aliphatic hydroxyl groups is 1. The van der Waals surface area contributed by atoms with Crippen LogP contribution in [0.4, 0.5) is 5.69 Å². The van der Waals surface area contributed by atoms with E-state index in [1.165, 1.54) is 6.20 Å². The van der Waals surface area contributed by atoms with Crippen LogP contribution in [0.5, 0.6) is 0 Å². The normalized spacial score (nSPS) is 29.0. The minimum Gasteiger partial charge on any atom is -0.388 e. The summed E-state index contributed by atoms with van der Waals surface area (Å²) in [6.07, 6.45) is 6.35. The third-order valence-electron chi connectivity index (χ3n) is 7.49. The molecule has 3 aliphatic carbocycles. The summed E-state index contributed by atoms with van der Waals surface area (Å²) in [5.74, 6) is 0.316. The zero-order chi connectivity index (χ0) is 23.3. The molecule has 9 nitrogen and oxygen atoms in total. The van der Waals surface area contributed by atoms with Crippen LogP contribution in [0, 0.1) is 17.3 Å². The van der Waals surface area contributed by atoms with E-state index in [0.29, 0.717) is 11.6 Å². The van der Waals surface area contributed by atoms with Crippen LogP contribution in [0.3, 0.4) is 0 Å². The van der Waals surface area contributed by atoms with Gasteiger partial charge >= 0.3 is 0 Å². The number of nitrogens with zero attached hydrogens (tertiary/aromatic N) is 4. The molecule has 1 amide bonds. The minimum absolute atomic E-state index is 0.0477. The molecule has 2 heterocycles. The van der Waals surface area contributed by atoms with Crippen molar-refractivity contribution < 1.29 is 9.90 Å². The lowest BCUT2D eigenvalue weighted by atomic mass is 9.43. The summed E-state index contributed by atoms with van der Waals surface area (Å²) in [4.78, 5) is 25.1. The molecule has 3 aliphatic rings. The van der Waals surface area contributed by atoms with Crippen molar-refractivity contribution in [1.29, 1.82) is 0 Å². The second-order valence-corrected chi connectivity index (χ2v) is 10.1. The number of fused-ring (bicyclic) bond motifs is 2. The number of rotatable bonds is 6. The van der Waals surface area contributed by atoms with Crippen LogP contribution in [0.25, 0.3) is 0 Å². The molecule has 0 aliphatic heterocycles. The fraction of sp³-hybridized carbons (Fsp3) is 0.591. The average molecular weight is 461 g/mol. The van der Waals surface area contributed by atoms with Crippen LogP contribution in [0.1, 0.15) is 52.1 Å². The van der Waals surface area contributed by atoms with Gasteiger partial charge in [-0.3, -0.25) is 9.59 Å². The number of carbonyl (C=O) groups excluding carboxylic acids is 1. The summed E-state index contributed by atoms with van der Waals surface area (Å²) < 4.78 is 1.03. The average Bonchev–Trinajstić information content (AvgIpc) is 2.74. The summed E-state index contributed by atoms with van der Waals surface area (Å²) in [7, 11) is 0. The summed E-state index contributed by atoms with van der Waals surface area (Å²) in [5, 5.41) is 28.8. The van der Waals surface area contributed by atoms with Gasteiger partial charge in [0.05, 0.1) is 35.8 Å². The Hall–Kier alpha value is -2.52. The zero-order valence-corrected chi connectivity index (χ0v) is 19.4. The Balaban J connectivity index is 1.44. The van der Waals surface area contributed by atoms with Crippen LogP contribution in [-0.2, 0) is 11.3 Å². The van der Waals surface area contributed by atoms with Gasteiger partial charge in [0.25, 0.3) is 5.56 Å². The monoisotopic (exact) mass is 460 g/mol. The number of anilines is 1. The maximum atomic E-state index is 12.7. The fourth-order valence-electron chi connectivity index (χ4n) is 5.31. The summed E-state index contributed by atoms with van der Waals surface area (Å²) >= 11 is 6.34. The van der Waals surface area contributed by atoms with Crippen molar-refractivity contribution in [3.05, 3.63) is 45.6 Å². The summed E-state index contributed by atoms with van der Waals surface area (Å²) in [5.41, 5.74) is -0.218. The van der Waals surface area contributed by atoms with Crippen molar-refractivity contribution in [1.82, 2.24) is 25.3 Å². The van der Waals surface area contributed by atoms with E-state index in [1.807, 2.05) is 13.8 Å². The Morgan fingerprint density at radius 1 is 1.31 bits per heavy atom. The van der Waals surface area contributed by atoms with E-state index in [1.54, 1.807) is 18.5 Å². The van der Waals surface area contributed by atoms with Crippen molar-refractivity contribution in [2.45, 2.75) is 64.8 Å².